The Balaban J connectivity index is 1.84. The Morgan fingerprint density at radius 1 is 1.17 bits per heavy atom. The van der Waals surface area contributed by atoms with E-state index in [9.17, 15) is 8.42 Å². The lowest BCUT2D eigenvalue weighted by Gasteiger charge is -2.25. The highest BCUT2D eigenvalue weighted by Gasteiger charge is 2.31. The van der Waals surface area contributed by atoms with Crippen LogP contribution in [-0.4, -0.2) is 57.2 Å². The van der Waals surface area contributed by atoms with E-state index in [0.717, 1.165) is 25.5 Å². The summed E-state index contributed by atoms with van der Waals surface area (Å²) in [5.74, 6) is 1.10. The van der Waals surface area contributed by atoms with Crippen LogP contribution in [0.5, 0.6) is 0 Å². The average Bonchev–Trinajstić information content (AvgIpc) is 3.12. The van der Waals surface area contributed by atoms with Crippen LogP contribution in [0.2, 0.25) is 0 Å². The van der Waals surface area contributed by atoms with Gasteiger partial charge in [0.2, 0.25) is 10.0 Å². The normalized spacial score (nSPS) is 24.0. The summed E-state index contributed by atoms with van der Waals surface area (Å²) in [6.45, 7) is 7.76. The zero-order chi connectivity index (χ0) is 16.8. The second-order valence-electron chi connectivity index (χ2n) is 6.75. The molecule has 2 fully saturated rings. The molecule has 0 spiro atoms. The Kier molecular flexibility index (Phi) is 6.71. The van der Waals surface area contributed by atoms with E-state index in [-0.39, 0.29) is 0 Å². The minimum atomic E-state index is -3.00. The number of sulfonamides is 1. The van der Waals surface area contributed by atoms with E-state index in [1.165, 1.54) is 32.1 Å². The second kappa shape index (κ2) is 8.33. The van der Waals surface area contributed by atoms with Crippen molar-refractivity contribution in [1.29, 1.82) is 0 Å². The van der Waals surface area contributed by atoms with E-state index in [0.29, 0.717) is 30.8 Å². The molecule has 1 aliphatic heterocycles. The van der Waals surface area contributed by atoms with Crippen LogP contribution in [0, 0.1) is 5.41 Å². The third-order valence-electron chi connectivity index (χ3n) is 5.19. The highest BCUT2D eigenvalue weighted by molar-refractivity contribution is 7.89. The van der Waals surface area contributed by atoms with Crippen LogP contribution in [0.25, 0.3) is 0 Å². The number of nitrogens with zero attached hydrogens (tertiary/aromatic N) is 2. The van der Waals surface area contributed by atoms with E-state index in [1.54, 1.807) is 4.31 Å². The molecule has 2 N–H and O–H groups in total. The molecule has 23 heavy (non-hydrogen) atoms. The molecular formula is C16H32N4O2S. The summed E-state index contributed by atoms with van der Waals surface area (Å²) < 4.78 is 25.2. The molecule has 1 heterocycles. The van der Waals surface area contributed by atoms with E-state index in [1.807, 2.05) is 6.92 Å². The number of rotatable bonds is 7. The molecule has 7 heteroatoms. The molecule has 1 aliphatic carbocycles. The minimum absolute atomic E-state index is 0.292. The topological polar surface area (TPSA) is 73.8 Å². The van der Waals surface area contributed by atoms with E-state index >= 15 is 0 Å². The van der Waals surface area contributed by atoms with Gasteiger partial charge in [0.1, 0.15) is 0 Å². The van der Waals surface area contributed by atoms with E-state index in [2.05, 4.69) is 17.6 Å². The standard InChI is InChI=1S/C16H32N4O2S/c1-3-16(8-5-6-9-16)14-19-15(17-4-2)18-10-12-20-11-7-13-23(20,21)22/h3-14H2,1-2H3,(H2,17,18,19). The lowest BCUT2D eigenvalue weighted by Crippen LogP contribution is -2.42. The molecule has 0 aromatic heterocycles. The quantitative estimate of drug-likeness (QED) is 0.543. The van der Waals surface area contributed by atoms with Gasteiger partial charge in [-0.05, 0) is 38.0 Å². The average molecular weight is 345 g/mol. The third kappa shape index (κ3) is 5.08. The van der Waals surface area contributed by atoms with Gasteiger partial charge in [0.05, 0.1) is 5.75 Å². The van der Waals surface area contributed by atoms with Crippen molar-refractivity contribution in [2.24, 2.45) is 10.4 Å². The third-order valence-corrected chi connectivity index (χ3v) is 7.14. The minimum Gasteiger partial charge on any atom is -0.357 e. The zero-order valence-corrected chi connectivity index (χ0v) is 15.4. The summed E-state index contributed by atoms with van der Waals surface area (Å²) in [4.78, 5) is 4.77. The van der Waals surface area contributed by atoms with Gasteiger partial charge in [-0.2, -0.15) is 0 Å². The number of hydrogen-bond donors (Lipinski definition) is 2. The van der Waals surface area contributed by atoms with Gasteiger partial charge in [-0.15, -0.1) is 0 Å². The van der Waals surface area contributed by atoms with Gasteiger partial charge in [-0.25, -0.2) is 12.7 Å². The predicted octanol–water partition coefficient (Wildman–Crippen LogP) is 1.55. The predicted molar refractivity (Wildman–Crippen MR) is 95.2 cm³/mol. The molecular weight excluding hydrogens is 312 g/mol. The lowest BCUT2D eigenvalue weighted by molar-refractivity contribution is 0.297. The zero-order valence-electron chi connectivity index (χ0n) is 14.6. The fourth-order valence-electron chi connectivity index (χ4n) is 3.58. The fourth-order valence-corrected chi connectivity index (χ4v) is 5.11. The molecule has 0 amide bonds. The fraction of sp³-hybridized carbons (Fsp3) is 0.938. The summed E-state index contributed by atoms with van der Waals surface area (Å²) >= 11 is 0. The summed E-state index contributed by atoms with van der Waals surface area (Å²) in [5.41, 5.74) is 0.376. The molecule has 0 unspecified atom stereocenters. The SMILES string of the molecule is CCNC(=NCC1(CC)CCCC1)NCCN1CCCS1(=O)=O. The van der Waals surface area contributed by atoms with Crippen LogP contribution in [0.1, 0.15) is 52.4 Å². The van der Waals surface area contributed by atoms with Gasteiger partial charge in [0.15, 0.2) is 5.96 Å². The summed E-state index contributed by atoms with van der Waals surface area (Å²) in [6, 6.07) is 0. The Labute approximate surface area is 141 Å². The van der Waals surface area contributed by atoms with Gasteiger partial charge in [-0.3, -0.25) is 4.99 Å². The van der Waals surface area contributed by atoms with Crippen LogP contribution in [0.3, 0.4) is 0 Å². The number of nitrogens with one attached hydrogen (secondary N) is 2. The molecule has 2 aliphatic rings. The Morgan fingerprint density at radius 2 is 1.91 bits per heavy atom. The van der Waals surface area contributed by atoms with Crippen molar-refractivity contribution in [3.05, 3.63) is 0 Å². The summed E-state index contributed by atoms with van der Waals surface area (Å²) in [7, 11) is -3.00. The van der Waals surface area contributed by atoms with Crippen molar-refractivity contribution in [2.75, 3.05) is 38.5 Å². The Bertz CT molecular complexity index is 498. The van der Waals surface area contributed by atoms with Crippen molar-refractivity contribution >= 4 is 16.0 Å². The Morgan fingerprint density at radius 3 is 2.48 bits per heavy atom. The summed E-state index contributed by atoms with van der Waals surface area (Å²) in [6.07, 6.45) is 7.12. The van der Waals surface area contributed by atoms with Gasteiger partial charge in [-0.1, -0.05) is 19.8 Å². The van der Waals surface area contributed by atoms with Crippen LogP contribution >= 0.6 is 0 Å². The maximum absolute atomic E-state index is 11.8. The van der Waals surface area contributed by atoms with E-state index in [4.69, 9.17) is 4.99 Å². The first kappa shape index (κ1) is 18.5. The van der Waals surface area contributed by atoms with Crippen molar-refractivity contribution < 1.29 is 8.42 Å². The molecule has 0 bridgehead atoms. The first-order valence-electron chi connectivity index (χ1n) is 9.01. The van der Waals surface area contributed by atoms with Gasteiger partial charge >= 0.3 is 0 Å². The van der Waals surface area contributed by atoms with Crippen molar-refractivity contribution in [3.63, 3.8) is 0 Å². The van der Waals surface area contributed by atoms with Crippen LogP contribution in [0.4, 0.5) is 0 Å². The molecule has 0 aromatic carbocycles. The second-order valence-corrected chi connectivity index (χ2v) is 8.84. The van der Waals surface area contributed by atoms with Crippen molar-refractivity contribution in [1.82, 2.24) is 14.9 Å². The molecule has 1 saturated carbocycles. The molecule has 2 rings (SSSR count). The first-order valence-corrected chi connectivity index (χ1v) is 10.6. The number of aliphatic imine (C=N–C) groups is 1. The Hall–Kier alpha value is -0.820. The maximum Gasteiger partial charge on any atom is 0.214 e. The monoisotopic (exact) mass is 344 g/mol. The van der Waals surface area contributed by atoms with Gasteiger partial charge in [0, 0.05) is 32.7 Å². The van der Waals surface area contributed by atoms with Crippen LogP contribution in [0.15, 0.2) is 4.99 Å². The molecule has 0 radical (unpaired) electrons. The van der Waals surface area contributed by atoms with E-state index < -0.39 is 10.0 Å². The highest BCUT2D eigenvalue weighted by atomic mass is 32.2. The van der Waals surface area contributed by atoms with Gasteiger partial charge in [0.25, 0.3) is 0 Å². The summed E-state index contributed by atoms with van der Waals surface area (Å²) in [5, 5.41) is 6.55. The van der Waals surface area contributed by atoms with Crippen molar-refractivity contribution in [3.8, 4) is 0 Å². The van der Waals surface area contributed by atoms with Crippen molar-refractivity contribution in [2.45, 2.75) is 52.4 Å². The molecule has 6 nitrogen and oxygen atoms in total. The highest BCUT2D eigenvalue weighted by Crippen LogP contribution is 2.41. The van der Waals surface area contributed by atoms with Crippen LogP contribution < -0.4 is 10.6 Å². The largest absolute Gasteiger partial charge is 0.357 e. The maximum atomic E-state index is 11.8. The smallest absolute Gasteiger partial charge is 0.214 e. The van der Waals surface area contributed by atoms with Crippen LogP contribution in [-0.2, 0) is 10.0 Å². The number of hydrogen-bond acceptors (Lipinski definition) is 3. The molecule has 0 atom stereocenters. The van der Waals surface area contributed by atoms with Gasteiger partial charge < -0.3 is 10.6 Å². The first-order chi connectivity index (χ1) is 11.0. The molecule has 0 aromatic rings. The lowest BCUT2D eigenvalue weighted by atomic mass is 9.84. The molecule has 134 valence electrons. The number of guanidine groups is 1. The molecule has 1 saturated heterocycles.